The number of aliphatic carboxylic acids is 1. The van der Waals surface area contributed by atoms with E-state index in [1.54, 1.807) is 0 Å². The van der Waals surface area contributed by atoms with E-state index in [0.29, 0.717) is 0 Å². The van der Waals surface area contributed by atoms with Gasteiger partial charge in [0.25, 0.3) is 5.79 Å². The summed E-state index contributed by atoms with van der Waals surface area (Å²) >= 11 is 0. The Morgan fingerprint density at radius 3 is 2.50 bits per heavy atom. The molecule has 0 amide bonds. The fraction of sp³-hybridized carbons (Fsp3) is 0.900. The fourth-order valence-electron chi connectivity index (χ4n) is 1.91. The largest absolute Gasteiger partial charge is 0.477 e. The molecule has 0 spiro atoms. The Hall–Kier alpha value is -0.770. The smallest absolute Gasteiger partial charge is 0.364 e. The molecule has 106 valence electrons. The summed E-state index contributed by atoms with van der Waals surface area (Å²) in [6.07, 6.45) is -6.24. The maximum absolute atomic E-state index is 10.9. The zero-order chi connectivity index (χ0) is 14.1. The van der Waals surface area contributed by atoms with E-state index in [9.17, 15) is 25.2 Å². The van der Waals surface area contributed by atoms with Crippen molar-refractivity contribution in [2.75, 3.05) is 6.61 Å². The molecular weight excluding hydrogens is 248 g/mol. The van der Waals surface area contributed by atoms with E-state index in [1.165, 1.54) is 6.92 Å². The molecular formula is C10H18O8. The molecule has 0 bridgehead atoms. The molecule has 8 heteroatoms. The van der Waals surface area contributed by atoms with E-state index >= 15 is 0 Å². The average Bonchev–Trinajstić information content (AvgIpc) is 2.31. The van der Waals surface area contributed by atoms with Crippen LogP contribution in [0.5, 0.6) is 0 Å². The third kappa shape index (κ3) is 2.79. The molecule has 1 saturated heterocycles. The molecule has 1 heterocycles. The van der Waals surface area contributed by atoms with Gasteiger partial charge in [0.15, 0.2) is 0 Å². The highest BCUT2D eigenvalue weighted by atomic mass is 16.7. The molecule has 6 atom stereocenters. The molecule has 6 N–H and O–H groups in total. The molecule has 0 aromatic rings. The predicted molar refractivity (Wildman–Crippen MR) is 56.3 cm³/mol. The number of aliphatic hydroxyl groups excluding tert-OH is 4. The molecule has 0 aliphatic carbocycles. The molecule has 0 saturated carbocycles. The Balaban J connectivity index is 2.92. The summed E-state index contributed by atoms with van der Waals surface area (Å²) in [6.45, 7) is 0.722. The third-order valence-corrected chi connectivity index (χ3v) is 3.19. The first-order valence-corrected chi connectivity index (χ1v) is 5.51. The minimum absolute atomic E-state index is 0.540. The first-order chi connectivity index (χ1) is 8.23. The monoisotopic (exact) mass is 266 g/mol. The van der Waals surface area contributed by atoms with Gasteiger partial charge in [0.1, 0.15) is 12.2 Å². The van der Waals surface area contributed by atoms with Crippen molar-refractivity contribution in [2.24, 2.45) is 5.92 Å². The maximum Gasteiger partial charge on any atom is 0.364 e. The summed E-state index contributed by atoms with van der Waals surface area (Å²) in [4.78, 5) is 10.9. The van der Waals surface area contributed by atoms with Crippen molar-refractivity contribution in [3.63, 3.8) is 0 Å². The van der Waals surface area contributed by atoms with Crippen LogP contribution in [0.3, 0.4) is 0 Å². The van der Waals surface area contributed by atoms with Gasteiger partial charge in [-0.2, -0.15) is 0 Å². The first-order valence-electron chi connectivity index (χ1n) is 5.51. The zero-order valence-corrected chi connectivity index (χ0v) is 9.80. The third-order valence-electron chi connectivity index (χ3n) is 3.19. The molecule has 0 aromatic heterocycles. The van der Waals surface area contributed by atoms with Crippen LogP contribution in [0.2, 0.25) is 0 Å². The van der Waals surface area contributed by atoms with Crippen molar-refractivity contribution in [3.8, 4) is 0 Å². The van der Waals surface area contributed by atoms with E-state index < -0.39 is 55.1 Å². The number of rotatable bonds is 4. The Bertz CT molecular complexity index is 308. The molecule has 1 aliphatic rings. The van der Waals surface area contributed by atoms with Crippen molar-refractivity contribution < 1.29 is 40.2 Å². The minimum Gasteiger partial charge on any atom is -0.477 e. The van der Waals surface area contributed by atoms with Gasteiger partial charge in [-0.3, -0.25) is 0 Å². The lowest BCUT2D eigenvalue weighted by atomic mass is 9.85. The molecule has 0 radical (unpaired) electrons. The number of carboxylic acid groups (broad SMARTS) is 1. The van der Waals surface area contributed by atoms with Crippen LogP contribution in [0.25, 0.3) is 0 Å². The lowest BCUT2D eigenvalue weighted by Gasteiger charge is -2.43. The fourth-order valence-corrected chi connectivity index (χ4v) is 1.91. The van der Waals surface area contributed by atoms with Gasteiger partial charge in [-0.05, 0) is 0 Å². The van der Waals surface area contributed by atoms with E-state index in [4.69, 9.17) is 14.9 Å². The summed E-state index contributed by atoms with van der Waals surface area (Å²) in [5.74, 6) is -5.02. The van der Waals surface area contributed by atoms with Gasteiger partial charge in [-0.25, -0.2) is 4.79 Å². The quantitative estimate of drug-likeness (QED) is 0.321. The lowest BCUT2D eigenvalue weighted by Crippen LogP contribution is -2.60. The molecule has 1 fully saturated rings. The number of carboxylic acids is 1. The van der Waals surface area contributed by atoms with Crippen LogP contribution >= 0.6 is 0 Å². The Labute approximate surface area is 103 Å². The number of hydrogen-bond acceptors (Lipinski definition) is 7. The Morgan fingerprint density at radius 1 is 1.50 bits per heavy atom. The molecule has 2 unspecified atom stereocenters. The normalized spacial score (nSPS) is 40.2. The summed E-state index contributed by atoms with van der Waals surface area (Å²) in [6, 6.07) is 0. The molecule has 1 rings (SSSR count). The van der Waals surface area contributed by atoms with Gasteiger partial charge >= 0.3 is 5.97 Å². The van der Waals surface area contributed by atoms with E-state index in [2.05, 4.69) is 0 Å². The zero-order valence-electron chi connectivity index (χ0n) is 9.80. The van der Waals surface area contributed by atoms with E-state index in [1.807, 2.05) is 0 Å². The van der Waals surface area contributed by atoms with E-state index in [-0.39, 0.29) is 0 Å². The topological polar surface area (TPSA) is 148 Å². The van der Waals surface area contributed by atoms with Crippen LogP contribution in [0.15, 0.2) is 0 Å². The SMILES string of the molecule is C[C@H]1C([C@H](O)[C@H](O)CO)OC(O)(C(=O)O)C[C@@H]1O. The highest BCUT2D eigenvalue weighted by molar-refractivity contribution is 5.75. The van der Waals surface area contributed by atoms with Crippen LogP contribution in [0, 0.1) is 5.92 Å². The molecule has 8 nitrogen and oxygen atoms in total. The summed E-state index contributed by atoms with van der Waals surface area (Å²) in [7, 11) is 0. The number of carbonyl (C=O) groups is 1. The maximum atomic E-state index is 10.9. The second kappa shape index (κ2) is 5.47. The molecule has 18 heavy (non-hydrogen) atoms. The predicted octanol–water partition coefficient (Wildman–Crippen LogP) is -2.74. The van der Waals surface area contributed by atoms with Gasteiger partial charge in [0, 0.05) is 12.3 Å². The lowest BCUT2D eigenvalue weighted by molar-refractivity contribution is -0.302. The van der Waals surface area contributed by atoms with E-state index in [0.717, 1.165) is 0 Å². The molecule has 0 aromatic carbocycles. The number of aliphatic hydroxyl groups is 5. The second-order valence-corrected chi connectivity index (χ2v) is 4.54. The van der Waals surface area contributed by atoms with Gasteiger partial charge in [0.2, 0.25) is 0 Å². The first kappa shape index (κ1) is 15.3. The standard InChI is InChI=1S/C10H18O8/c1-4-5(12)2-10(17,9(15)16)18-8(4)7(14)6(13)3-11/h4-8,11-14,17H,2-3H2,1H3,(H,15,16)/t4-,5+,6-,7-,8?,10?/m1/s1. The van der Waals surface area contributed by atoms with Gasteiger partial charge in [0.05, 0.1) is 18.8 Å². The van der Waals surface area contributed by atoms with Crippen LogP contribution in [0.1, 0.15) is 13.3 Å². The second-order valence-electron chi connectivity index (χ2n) is 4.54. The van der Waals surface area contributed by atoms with Crippen molar-refractivity contribution >= 4 is 5.97 Å². The van der Waals surface area contributed by atoms with Crippen LogP contribution < -0.4 is 0 Å². The van der Waals surface area contributed by atoms with Gasteiger partial charge in [-0.1, -0.05) is 6.92 Å². The van der Waals surface area contributed by atoms with Crippen molar-refractivity contribution in [2.45, 2.75) is 43.5 Å². The van der Waals surface area contributed by atoms with Gasteiger partial charge in [-0.15, -0.1) is 0 Å². The molecule has 1 aliphatic heterocycles. The van der Waals surface area contributed by atoms with Crippen LogP contribution in [-0.4, -0.2) is 73.4 Å². The van der Waals surface area contributed by atoms with Crippen LogP contribution in [-0.2, 0) is 9.53 Å². The van der Waals surface area contributed by atoms with Crippen molar-refractivity contribution in [3.05, 3.63) is 0 Å². The van der Waals surface area contributed by atoms with Crippen LogP contribution in [0.4, 0.5) is 0 Å². The summed E-state index contributed by atoms with van der Waals surface area (Å²) < 4.78 is 4.88. The highest BCUT2D eigenvalue weighted by Gasteiger charge is 2.51. The minimum atomic E-state index is -2.62. The Kier molecular flexibility index (Phi) is 4.65. The average molecular weight is 266 g/mol. The number of ether oxygens (including phenoxy) is 1. The van der Waals surface area contributed by atoms with Crippen molar-refractivity contribution in [1.29, 1.82) is 0 Å². The Morgan fingerprint density at radius 2 is 2.06 bits per heavy atom. The van der Waals surface area contributed by atoms with Crippen molar-refractivity contribution in [1.82, 2.24) is 0 Å². The van der Waals surface area contributed by atoms with Gasteiger partial charge < -0.3 is 35.4 Å². The highest BCUT2D eigenvalue weighted by Crippen LogP contribution is 2.33. The summed E-state index contributed by atoms with van der Waals surface area (Å²) in [5, 5.41) is 55.9. The number of hydrogen-bond donors (Lipinski definition) is 6. The summed E-state index contributed by atoms with van der Waals surface area (Å²) in [5.41, 5.74) is 0.